The maximum Gasteiger partial charge on any atom is 0.233 e. The fraction of sp³-hybridized carbons (Fsp3) is 0.455. The Kier molecular flexibility index (Phi) is 4.24. The quantitative estimate of drug-likeness (QED) is 0.747. The zero-order chi connectivity index (χ0) is 11.3. The van der Waals surface area contributed by atoms with E-state index >= 15 is 0 Å². The van der Waals surface area contributed by atoms with Crippen molar-refractivity contribution in [3.05, 3.63) is 30.0 Å². The minimum atomic E-state index is 0.168. The monoisotopic (exact) mass is 207 g/mol. The lowest BCUT2D eigenvalue weighted by atomic mass is 10.1. The summed E-state index contributed by atoms with van der Waals surface area (Å²) in [6, 6.07) is 3.89. The predicted octanol–water partition coefficient (Wildman–Crippen LogP) is 1.71. The molecule has 0 bridgehead atoms. The Hall–Kier alpha value is -1.42. The van der Waals surface area contributed by atoms with Crippen LogP contribution in [-0.2, 0) is 0 Å². The SMILES string of the molecule is C=C(C)CC(NC)c1ccc(OC)nn1. The number of rotatable bonds is 5. The molecule has 0 radical (unpaired) electrons. The third-order valence-corrected chi connectivity index (χ3v) is 2.13. The maximum absolute atomic E-state index is 4.95. The van der Waals surface area contributed by atoms with Gasteiger partial charge in [-0.15, -0.1) is 11.7 Å². The van der Waals surface area contributed by atoms with E-state index in [-0.39, 0.29) is 6.04 Å². The van der Waals surface area contributed by atoms with Crippen molar-refractivity contribution >= 4 is 0 Å². The van der Waals surface area contributed by atoms with Crippen molar-refractivity contribution in [2.75, 3.05) is 14.2 Å². The first kappa shape index (κ1) is 11.7. The maximum atomic E-state index is 4.95. The van der Waals surface area contributed by atoms with Crippen molar-refractivity contribution in [2.24, 2.45) is 0 Å². The van der Waals surface area contributed by atoms with Crippen molar-refractivity contribution in [2.45, 2.75) is 19.4 Å². The molecule has 1 rings (SSSR count). The summed E-state index contributed by atoms with van der Waals surface area (Å²) in [7, 11) is 3.48. The summed E-state index contributed by atoms with van der Waals surface area (Å²) in [6.45, 7) is 5.89. The molecule has 0 amide bonds. The molecule has 0 spiro atoms. The van der Waals surface area contributed by atoms with Gasteiger partial charge in [-0.25, -0.2) is 0 Å². The van der Waals surface area contributed by atoms with Gasteiger partial charge < -0.3 is 10.1 Å². The van der Waals surface area contributed by atoms with Gasteiger partial charge in [-0.3, -0.25) is 0 Å². The zero-order valence-electron chi connectivity index (χ0n) is 9.45. The highest BCUT2D eigenvalue weighted by Gasteiger charge is 2.11. The van der Waals surface area contributed by atoms with Gasteiger partial charge in [0.1, 0.15) is 0 Å². The summed E-state index contributed by atoms with van der Waals surface area (Å²) in [6.07, 6.45) is 0.859. The fourth-order valence-electron chi connectivity index (χ4n) is 1.33. The van der Waals surface area contributed by atoms with Crippen molar-refractivity contribution in [3.63, 3.8) is 0 Å². The summed E-state index contributed by atoms with van der Waals surface area (Å²) >= 11 is 0. The lowest BCUT2D eigenvalue weighted by Crippen LogP contribution is -2.18. The predicted molar refractivity (Wildman–Crippen MR) is 59.8 cm³/mol. The number of nitrogens with zero attached hydrogens (tertiary/aromatic N) is 2. The van der Waals surface area contributed by atoms with Crippen LogP contribution < -0.4 is 10.1 Å². The first-order valence-electron chi connectivity index (χ1n) is 4.86. The van der Waals surface area contributed by atoms with Gasteiger partial charge in [-0.05, 0) is 26.5 Å². The largest absolute Gasteiger partial charge is 0.480 e. The second-order valence-corrected chi connectivity index (χ2v) is 3.50. The first-order chi connectivity index (χ1) is 7.17. The van der Waals surface area contributed by atoms with Gasteiger partial charge in [-0.2, -0.15) is 5.10 Å². The molecule has 4 nitrogen and oxygen atoms in total. The highest BCUT2D eigenvalue weighted by Crippen LogP contribution is 2.18. The standard InChI is InChI=1S/C11H17N3O/c1-8(2)7-10(12-3)9-5-6-11(15-4)14-13-9/h5-6,10,12H,1,7H2,2-4H3. The Morgan fingerprint density at radius 1 is 1.53 bits per heavy atom. The van der Waals surface area contributed by atoms with Crippen LogP contribution >= 0.6 is 0 Å². The van der Waals surface area contributed by atoms with E-state index in [1.54, 1.807) is 7.11 Å². The zero-order valence-corrected chi connectivity index (χ0v) is 9.45. The number of hydrogen-bond donors (Lipinski definition) is 1. The topological polar surface area (TPSA) is 47.0 Å². The molecule has 1 atom stereocenters. The average Bonchev–Trinajstić information content (AvgIpc) is 2.26. The van der Waals surface area contributed by atoms with Gasteiger partial charge in [0.15, 0.2) is 0 Å². The second kappa shape index (κ2) is 5.46. The van der Waals surface area contributed by atoms with Crippen LogP contribution in [0.5, 0.6) is 5.88 Å². The summed E-state index contributed by atoms with van der Waals surface area (Å²) in [5, 5.41) is 11.2. The average molecular weight is 207 g/mol. The molecule has 4 heteroatoms. The molecule has 15 heavy (non-hydrogen) atoms. The summed E-state index contributed by atoms with van der Waals surface area (Å²) in [5.74, 6) is 0.531. The van der Waals surface area contributed by atoms with Crippen LogP contribution in [-0.4, -0.2) is 24.4 Å². The van der Waals surface area contributed by atoms with Crippen molar-refractivity contribution < 1.29 is 4.74 Å². The number of ether oxygens (including phenoxy) is 1. The molecule has 0 aliphatic carbocycles. The molecule has 0 aliphatic heterocycles. The molecule has 1 aromatic rings. The van der Waals surface area contributed by atoms with E-state index in [4.69, 9.17) is 4.74 Å². The lowest BCUT2D eigenvalue weighted by Gasteiger charge is -2.14. The van der Waals surface area contributed by atoms with Gasteiger partial charge in [-0.1, -0.05) is 5.57 Å². The van der Waals surface area contributed by atoms with Crippen LogP contribution in [0, 0.1) is 0 Å². The van der Waals surface area contributed by atoms with Crippen LogP contribution in [0.25, 0.3) is 0 Å². The molecule has 0 saturated heterocycles. The van der Waals surface area contributed by atoms with Crippen LogP contribution in [0.1, 0.15) is 25.1 Å². The van der Waals surface area contributed by atoms with Crippen molar-refractivity contribution in [1.82, 2.24) is 15.5 Å². The highest BCUT2D eigenvalue weighted by molar-refractivity contribution is 5.15. The first-order valence-corrected chi connectivity index (χ1v) is 4.86. The minimum Gasteiger partial charge on any atom is -0.480 e. The van der Waals surface area contributed by atoms with Crippen LogP contribution in [0.4, 0.5) is 0 Å². The number of nitrogens with one attached hydrogen (secondary N) is 1. The molecule has 1 N–H and O–H groups in total. The second-order valence-electron chi connectivity index (χ2n) is 3.50. The van der Waals surface area contributed by atoms with Crippen molar-refractivity contribution in [3.8, 4) is 5.88 Å². The Balaban J connectivity index is 2.78. The normalized spacial score (nSPS) is 12.2. The van der Waals surface area contributed by atoms with Crippen LogP contribution in [0.3, 0.4) is 0 Å². The van der Waals surface area contributed by atoms with Gasteiger partial charge in [0.2, 0.25) is 5.88 Å². The third-order valence-electron chi connectivity index (χ3n) is 2.13. The molecule has 1 aromatic heterocycles. The molecule has 1 unspecified atom stereocenters. The Labute approximate surface area is 90.4 Å². The molecule has 0 aliphatic rings. The van der Waals surface area contributed by atoms with E-state index in [2.05, 4.69) is 22.1 Å². The molecular weight excluding hydrogens is 190 g/mol. The molecule has 0 saturated carbocycles. The third kappa shape index (κ3) is 3.32. The van der Waals surface area contributed by atoms with E-state index in [0.29, 0.717) is 5.88 Å². The summed E-state index contributed by atoms with van der Waals surface area (Å²) < 4.78 is 4.95. The van der Waals surface area contributed by atoms with E-state index in [9.17, 15) is 0 Å². The van der Waals surface area contributed by atoms with Crippen LogP contribution in [0.15, 0.2) is 24.3 Å². The number of aromatic nitrogens is 2. The van der Waals surface area contributed by atoms with Gasteiger partial charge in [0, 0.05) is 6.07 Å². The highest BCUT2D eigenvalue weighted by atomic mass is 16.5. The minimum absolute atomic E-state index is 0.168. The van der Waals surface area contributed by atoms with Gasteiger partial charge >= 0.3 is 0 Å². The Morgan fingerprint density at radius 2 is 2.27 bits per heavy atom. The Bertz CT molecular complexity index is 321. The number of hydrogen-bond acceptors (Lipinski definition) is 4. The molecule has 82 valence electrons. The van der Waals surface area contributed by atoms with E-state index < -0.39 is 0 Å². The van der Waals surface area contributed by atoms with Crippen molar-refractivity contribution in [1.29, 1.82) is 0 Å². The lowest BCUT2D eigenvalue weighted by molar-refractivity contribution is 0.389. The fourth-order valence-corrected chi connectivity index (χ4v) is 1.33. The van der Waals surface area contributed by atoms with Crippen LogP contribution in [0.2, 0.25) is 0 Å². The molecule has 0 aromatic carbocycles. The smallest absolute Gasteiger partial charge is 0.233 e. The summed E-state index contributed by atoms with van der Waals surface area (Å²) in [4.78, 5) is 0. The van der Waals surface area contributed by atoms with Gasteiger partial charge in [0.05, 0.1) is 18.8 Å². The molecule has 0 fully saturated rings. The van der Waals surface area contributed by atoms with E-state index in [1.165, 1.54) is 0 Å². The molecule has 1 heterocycles. The van der Waals surface area contributed by atoms with Gasteiger partial charge in [0.25, 0.3) is 0 Å². The Morgan fingerprint density at radius 3 is 2.67 bits per heavy atom. The summed E-state index contributed by atoms with van der Waals surface area (Å²) in [5.41, 5.74) is 2.02. The number of methoxy groups -OCH3 is 1. The van der Waals surface area contributed by atoms with E-state index in [1.807, 2.05) is 26.1 Å². The molecular formula is C11H17N3O. The van der Waals surface area contributed by atoms with E-state index in [0.717, 1.165) is 17.7 Å².